The van der Waals surface area contributed by atoms with Gasteiger partial charge in [-0.3, -0.25) is 4.79 Å². The number of aryl methyl sites for hydroxylation is 2. The highest BCUT2D eigenvalue weighted by Crippen LogP contribution is 2.19. The maximum atomic E-state index is 12.3. The van der Waals surface area contributed by atoms with Crippen LogP contribution >= 0.6 is 11.3 Å². The van der Waals surface area contributed by atoms with Crippen molar-refractivity contribution in [1.82, 2.24) is 10.3 Å². The molecule has 2 aromatic carbocycles. The van der Waals surface area contributed by atoms with Crippen LogP contribution in [0.1, 0.15) is 40.4 Å². The van der Waals surface area contributed by atoms with E-state index in [4.69, 9.17) is 4.74 Å². The lowest BCUT2D eigenvalue weighted by Crippen LogP contribution is -2.28. The second-order valence-electron chi connectivity index (χ2n) is 6.64. The summed E-state index contributed by atoms with van der Waals surface area (Å²) in [5.74, 6) is 0.808. The molecule has 1 heterocycles. The van der Waals surface area contributed by atoms with E-state index in [9.17, 15) is 4.79 Å². The molecule has 1 aromatic heterocycles. The molecule has 0 bridgehead atoms. The number of benzene rings is 2. The van der Waals surface area contributed by atoms with Crippen molar-refractivity contribution in [2.75, 3.05) is 0 Å². The van der Waals surface area contributed by atoms with Crippen LogP contribution in [0.5, 0.6) is 5.75 Å². The highest BCUT2D eigenvalue weighted by molar-refractivity contribution is 7.09. The number of aromatic nitrogens is 1. The average Bonchev–Trinajstić information content (AvgIpc) is 3.10. The minimum absolute atomic E-state index is 0.0232. The number of amides is 1. The fraction of sp³-hybridized carbons (Fsp3) is 0.273. The summed E-state index contributed by atoms with van der Waals surface area (Å²) in [5.41, 5.74) is 4.31. The zero-order valence-electron chi connectivity index (χ0n) is 15.9. The molecular weight excluding hydrogens is 356 g/mol. The molecule has 0 aliphatic heterocycles. The van der Waals surface area contributed by atoms with Crippen LogP contribution in [0.3, 0.4) is 0 Å². The SMILES string of the molecule is Cc1ccc(OCc2nc(CC(=O)N[C@H](C)c3ccccc3)cs2)cc1C. The molecule has 0 saturated heterocycles. The lowest BCUT2D eigenvalue weighted by Gasteiger charge is -2.13. The highest BCUT2D eigenvalue weighted by Gasteiger charge is 2.12. The molecule has 140 valence electrons. The molecular formula is C22H24N2O2S. The van der Waals surface area contributed by atoms with Crippen molar-refractivity contribution in [3.05, 3.63) is 81.3 Å². The largest absolute Gasteiger partial charge is 0.486 e. The molecule has 0 unspecified atom stereocenters. The van der Waals surface area contributed by atoms with E-state index in [0.717, 1.165) is 22.0 Å². The molecule has 27 heavy (non-hydrogen) atoms. The summed E-state index contributed by atoms with van der Waals surface area (Å²) in [5, 5.41) is 5.81. The number of carbonyl (C=O) groups excluding carboxylic acids is 1. The summed E-state index contributed by atoms with van der Waals surface area (Å²) in [6.07, 6.45) is 0.275. The number of carbonyl (C=O) groups is 1. The van der Waals surface area contributed by atoms with Crippen molar-refractivity contribution in [3.63, 3.8) is 0 Å². The number of hydrogen-bond donors (Lipinski definition) is 1. The van der Waals surface area contributed by atoms with Crippen LogP contribution in [0.2, 0.25) is 0 Å². The molecule has 5 heteroatoms. The fourth-order valence-corrected chi connectivity index (χ4v) is 3.43. The number of rotatable bonds is 7. The van der Waals surface area contributed by atoms with E-state index < -0.39 is 0 Å². The number of hydrogen-bond acceptors (Lipinski definition) is 4. The van der Waals surface area contributed by atoms with Gasteiger partial charge in [-0.25, -0.2) is 4.98 Å². The van der Waals surface area contributed by atoms with Crippen molar-refractivity contribution in [2.45, 2.75) is 39.8 Å². The standard InChI is InChI=1S/C22H24N2O2S/c1-15-9-10-20(11-16(15)2)26-13-22-24-19(14-27-22)12-21(25)23-17(3)18-7-5-4-6-8-18/h4-11,14,17H,12-13H2,1-3H3,(H,23,25)/t17-/m1/s1. The quantitative estimate of drug-likeness (QED) is 0.643. The first-order valence-electron chi connectivity index (χ1n) is 8.99. The second-order valence-corrected chi connectivity index (χ2v) is 7.59. The van der Waals surface area contributed by atoms with E-state index in [1.807, 2.05) is 54.8 Å². The summed E-state index contributed by atoms with van der Waals surface area (Å²) in [4.78, 5) is 16.8. The number of nitrogens with one attached hydrogen (secondary N) is 1. The van der Waals surface area contributed by atoms with Crippen LogP contribution in [0.25, 0.3) is 0 Å². The first-order valence-corrected chi connectivity index (χ1v) is 9.87. The number of thiazole rings is 1. The molecule has 0 fully saturated rings. The Hall–Kier alpha value is -2.66. The van der Waals surface area contributed by atoms with Crippen molar-refractivity contribution < 1.29 is 9.53 Å². The Labute approximate surface area is 164 Å². The van der Waals surface area contributed by atoms with Gasteiger partial charge < -0.3 is 10.1 Å². The van der Waals surface area contributed by atoms with Crippen molar-refractivity contribution in [1.29, 1.82) is 0 Å². The van der Waals surface area contributed by atoms with E-state index in [1.165, 1.54) is 22.5 Å². The molecule has 3 aromatic rings. The van der Waals surface area contributed by atoms with Crippen molar-refractivity contribution >= 4 is 17.2 Å². The zero-order chi connectivity index (χ0) is 19.2. The molecule has 1 atom stereocenters. The van der Waals surface area contributed by atoms with Gasteiger partial charge in [-0.2, -0.15) is 0 Å². The van der Waals surface area contributed by atoms with Crippen LogP contribution in [0, 0.1) is 13.8 Å². The minimum Gasteiger partial charge on any atom is -0.486 e. The fourth-order valence-electron chi connectivity index (χ4n) is 2.73. The Morgan fingerprint density at radius 1 is 1.15 bits per heavy atom. The van der Waals surface area contributed by atoms with E-state index in [2.05, 4.69) is 30.2 Å². The monoisotopic (exact) mass is 380 g/mol. The lowest BCUT2D eigenvalue weighted by molar-refractivity contribution is -0.121. The third-order valence-corrected chi connectivity index (χ3v) is 5.33. The Balaban J connectivity index is 1.51. The van der Waals surface area contributed by atoms with E-state index in [1.54, 1.807) is 0 Å². The maximum Gasteiger partial charge on any atom is 0.226 e. The number of nitrogens with zero attached hydrogens (tertiary/aromatic N) is 1. The van der Waals surface area contributed by atoms with Gasteiger partial charge in [0.25, 0.3) is 0 Å². The van der Waals surface area contributed by atoms with E-state index in [0.29, 0.717) is 6.61 Å². The first kappa shape index (κ1) is 19.1. The molecule has 3 rings (SSSR count). The Morgan fingerprint density at radius 2 is 1.93 bits per heavy atom. The van der Waals surface area contributed by atoms with Crippen LogP contribution < -0.4 is 10.1 Å². The Morgan fingerprint density at radius 3 is 2.67 bits per heavy atom. The Kier molecular flexibility index (Phi) is 6.24. The first-order chi connectivity index (χ1) is 13.0. The van der Waals surface area contributed by atoms with Gasteiger partial charge in [-0.15, -0.1) is 11.3 Å². The van der Waals surface area contributed by atoms with Gasteiger partial charge in [0, 0.05) is 5.38 Å². The molecule has 1 N–H and O–H groups in total. The van der Waals surface area contributed by atoms with Gasteiger partial charge in [-0.1, -0.05) is 36.4 Å². The maximum absolute atomic E-state index is 12.3. The third-order valence-electron chi connectivity index (χ3n) is 4.46. The molecule has 0 saturated carbocycles. The van der Waals surface area contributed by atoms with Crippen LogP contribution in [0.4, 0.5) is 0 Å². The van der Waals surface area contributed by atoms with Gasteiger partial charge in [-0.05, 0) is 49.6 Å². The Bertz CT molecular complexity index is 906. The molecule has 0 spiro atoms. The molecule has 0 radical (unpaired) electrons. The summed E-state index contributed by atoms with van der Waals surface area (Å²) in [7, 11) is 0. The third kappa shape index (κ3) is 5.41. The summed E-state index contributed by atoms with van der Waals surface area (Å²) in [6.45, 7) is 6.54. The minimum atomic E-state index is -0.0294. The topological polar surface area (TPSA) is 51.2 Å². The van der Waals surface area contributed by atoms with Gasteiger partial charge in [0.15, 0.2) is 0 Å². The van der Waals surface area contributed by atoms with E-state index in [-0.39, 0.29) is 18.4 Å². The van der Waals surface area contributed by atoms with Crippen molar-refractivity contribution in [3.8, 4) is 5.75 Å². The van der Waals surface area contributed by atoms with Gasteiger partial charge in [0.1, 0.15) is 17.4 Å². The smallest absolute Gasteiger partial charge is 0.226 e. The molecule has 1 amide bonds. The van der Waals surface area contributed by atoms with Crippen LogP contribution in [-0.4, -0.2) is 10.9 Å². The summed E-state index contributed by atoms with van der Waals surface area (Å²) >= 11 is 1.52. The lowest BCUT2D eigenvalue weighted by atomic mass is 10.1. The predicted octanol–water partition coefficient (Wildman–Crippen LogP) is 4.76. The average molecular weight is 381 g/mol. The van der Waals surface area contributed by atoms with E-state index >= 15 is 0 Å². The highest BCUT2D eigenvalue weighted by atomic mass is 32.1. The second kappa shape index (κ2) is 8.82. The normalized spacial score (nSPS) is 11.8. The number of ether oxygens (including phenoxy) is 1. The van der Waals surface area contributed by atoms with Gasteiger partial charge >= 0.3 is 0 Å². The summed E-state index contributed by atoms with van der Waals surface area (Å²) < 4.78 is 5.82. The van der Waals surface area contributed by atoms with Crippen molar-refractivity contribution in [2.24, 2.45) is 0 Å². The molecule has 0 aliphatic carbocycles. The van der Waals surface area contributed by atoms with Gasteiger partial charge in [0.2, 0.25) is 5.91 Å². The molecule has 0 aliphatic rings. The van der Waals surface area contributed by atoms with Crippen LogP contribution in [-0.2, 0) is 17.8 Å². The molecule has 4 nitrogen and oxygen atoms in total. The summed E-state index contributed by atoms with van der Waals surface area (Å²) in [6, 6.07) is 16.0. The van der Waals surface area contributed by atoms with Crippen LogP contribution in [0.15, 0.2) is 53.9 Å². The van der Waals surface area contributed by atoms with Gasteiger partial charge in [0.05, 0.1) is 18.2 Å². The predicted molar refractivity (Wildman–Crippen MR) is 109 cm³/mol. The zero-order valence-corrected chi connectivity index (χ0v) is 16.7.